The van der Waals surface area contributed by atoms with Crippen LogP contribution in [0.1, 0.15) is 68.7 Å². The summed E-state index contributed by atoms with van der Waals surface area (Å²) in [6.45, 7) is 14.5. The fourth-order valence-electron chi connectivity index (χ4n) is 4.80. The van der Waals surface area contributed by atoms with Gasteiger partial charge in [0.15, 0.2) is 11.4 Å². The van der Waals surface area contributed by atoms with Gasteiger partial charge in [0.05, 0.1) is 16.9 Å². The van der Waals surface area contributed by atoms with Crippen molar-refractivity contribution in [2.45, 2.75) is 61.3 Å². The maximum absolute atomic E-state index is 13.0. The number of hydrogen-bond acceptors (Lipinski definition) is 7. The van der Waals surface area contributed by atoms with Crippen LogP contribution in [0.3, 0.4) is 0 Å². The Morgan fingerprint density at radius 3 is 2.16 bits per heavy atom. The predicted octanol–water partition coefficient (Wildman–Crippen LogP) is 7.32. The largest absolute Gasteiger partial charge is 0.505 e. The maximum Gasteiger partial charge on any atom is 0.335 e. The molecule has 0 amide bonds. The van der Waals surface area contributed by atoms with Crippen LogP contribution in [0.4, 0.5) is 11.4 Å². The Morgan fingerprint density at radius 1 is 0.889 bits per heavy atom. The summed E-state index contributed by atoms with van der Waals surface area (Å²) in [6, 6.07) is 17.2. The number of nitrogens with one attached hydrogen (secondary N) is 3. The molecule has 1 aliphatic rings. The highest BCUT2D eigenvalue weighted by molar-refractivity contribution is 5.90. The quantitative estimate of drug-likeness (QED) is 0.125. The number of carboxylic acids is 1. The number of carboxylic acid groups (broad SMARTS) is 1. The number of benzene rings is 3. The molecule has 0 spiro atoms. The molecule has 3 aromatic carbocycles. The summed E-state index contributed by atoms with van der Waals surface area (Å²) >= 11 is 0. The molecule has 10 nitrogen and oxygen atoms in total. The molecule has 0 saturated carbocycles. The molecule has 5 rings (SSSR count). The van der Waals surface area contributed by atoms with E-state index in [0.29, 0.717) is 16.8 Å². The number of aromatic amines is 1. The van der Waals surface area contributed by atoms with Gasteiger partial charge in [-0.3, -0.25) is 9.89 Å². The minimum Gasteiger partial charge on any atom is -0.505 e. The molecule has 0 radical (unpaired) electrons. The predicted molar refractivity (Wildman–Crippen MR) is 183 cm³/mol. The highest BCUT2D eigenvalue weighted by Gasteiger charge is 2.17. The molecule has 1 heterocycles. The summed E-state index contributed by atoms with van der Waals surface area (Å²) in [5.74, 6) is -1.21. The summed E-state index contributed by atoms with van der Waals surface area (Å²) in [5, 5.41) is 37.6. The summed E-state index contributed by atoms with van der Waals surface area (Å²) in [6.07, 6.45) is 3.20. The fraction of sp³-hybridized carbons (Fsp3) is 0.371. The lowest BCUT2D eigenvalue weighted by molar-refractivity contribution is 0.0697. The topological polar surface area (TPSA) is 144 Å². The van der Waals surface area contributed by atoms with Crippen molar-refractivity contribution >= 4 is 17.3 Å². The van der Waals surface area contributed by atoms with Gasteiger partial charge in [-0.05, 0) is 99.4 Å². The third-order valence-electron chi connectivity index (χ3n) is 7.07. The van der Waals surface area contributed by atoms with E-state index >= 15 is 0 Å². The molecule has 4 aromatic rings. The number of H-pyrrole nitrogens is 1. The van der Waals surface area contributed by atoms with Gasteiger partial charge in [0.1, 0.15) is 5.69 Å². The third-order valence-corrected chi connectivity index (χ3v) is 7.07. The second-order valence-corrected chi connectivity index (χ2v) is 10.2. The monoisotopic (exact) mass is 616 g/mol. The number of azo groups is 1. The molecule has 1 aromatic heterocycles. The van der Waals surface area contributed by atoms with Gasteiger partial charge in [0, 0.05) is 5.56 Å². The Labute approximate surface area is 266 Å². The van der Waals surface area contributed by atoms with Crippen LogP contribution in [-0.4, -0.2) is 52.1 Å². The Balaban J connectivity index is 0.000000560. The number of carbonyl (C=O) groups is 1. The number of aromatic hydroxyl groups is 1. The first-order valence-corrected chi connectivity index (χ1v) is 15.2. The molecule has 0 unspecified atom stereocenters. The van der Waals surface area contributed by atoms with Crippen LogP contribution >= 0.6 is 0 Å². The van der Waals surface area contributed by atoms with Gasteiger partial charge >= 0.3 is 5.97 Å². The number of aryl methyl sites for hydroxylation is 3. The molecule has 0 saturated heterocycles. The number of fused-ring (bicyclic) bond motifs is 1. The minimum atomic E-state index is -1.06. The first-order valence-electron chi connectivity index (χ1n) is 15.2. The smallest absolute Gasteiger partial charge is 0.335 e. The van der Waals surface area contributed by atoms with E-state index in [4.69, 9.17) is 0 Å². The normalized spacial score (nSPS) is 11.6. The zero-order valence-corrected chi connectivity index (χ0v) is 26.3. The molecule has 242 valence electrons. The Morgan fingerprint density at radius 2 is 1.53 bits per heavy atom. The van der Waals surface area contributed by atoms with E-state index < -0.39 is 5.97 Å². The van der Waals surface area contributed by atoms with Crippen LogP contribution in [-0.2, 0) is 12.8 Å². The van der Waals surface area contributed by atoms with Crippen molar-refractivity contribution in [2.75, 3.05) is 26.2 Å². The Kier molecular flexibility index (Phi) is 14.9. The molecule has 0 aliphatic heterocycles. The van der Waals surface area contributed by atoms with Crippen molar-refractivity contribution < 1.29 is 15.0 Å². The van der Waals surface area contributed by atoms with Crippen LogP contribution in [0.2, 0.25) is 0 Å². The van der Waals surface area contributed by atoms with E-state index in [1.807, 2.05) is 12.1 Å². The zero-order chi connectivity index (χ0) is 32.1. The van der Waals surface area contributed by atoms with Crippen LogP contribution in [0.15, 0.2) is 75.7 Å². The second kappa shape index (κ2) is 18.3. The molecule has 1 aliphatic carbocycles. The molecule has 0 fully saturated rings. The van der Waals surface area contributed by atoms with Crippen LogP contribution in [0, 0.1) is 6.92 Å². The molecular weight excluding hydrogens is 568 g/mol. The van der Waals surface area contributed by atoms with Gasteiger partial charge in [-0.2, -0.15) is 0 Å². The average molecular weight is 617 g/mol. The van der Waals surface area contributed by atoms with Gasteiger partial charge in [0.25, 0.3) is 5.56 Å². The van der Waals surface area contributed by atoms with E-state index in [1.165, 1.54) is 27.9 Å². The van der Waals surface area contributed by atoms with E-state index in [9.17, 15) is 19.8 Å². The summed E-state index contributed by atoms with van der Waals surface area (Å²) in [5.41, 5.74) is 4.94. The maximum atomic E-state index is 13.0. The third kappa shape index (κ3) is 9.72. The van der Waals surface area contributed by atoms with Crippen LogP contribution in [0.5, 0.6) is 5.75 Å². The van der Waals surface area contributed by atoms with Gasteiger partial charge in [-0.25, -0.2) is 9.48 Å². The number of aromatic nitrogens is 2. The van der Waals surface area contributed by atoms with Gasteiger partial charge in [0.2, 0.25) is 0 Å². The van der Waals surface area contributed by atoms with Crippen molar-refractivity contribution in [3.63, 3.8) is 0 Å². The molecular formula is C35H48N6O4. The van der Waals surface area contributed by atoms with Crippen molar-refractivity contribution in [2.24, 2.45) is 10.2 Å². The van der Waals surface area contributed by atoms with Gasteiger partial charge in [-0.15, -0.1) is 10.2 Å². The van der Waals surface area contributed by atoms with Gasteiger partial charge < -0.3 is 20.8 Å². The van der Waals surface area contributed by atoms with Gasteiger partial charge in [-0.1, -0.05) is 65.5 Å². The fourth-order valence-corrected chi connectivity index (χ4v) is 4.80. The molecule has 0 atom stereocenters. The standard InChI is InChI=1S/C26H22N4O4.2C4H11N.CH4/c1-15-23(25(32)30(29-15)20-12-11-16-5-2-6-17(16)14-20)28-27-22-10-4-9-21(24(22)31)18-7-3-8-19(13-18)26(33)34;2*1-3-5-4-2;/h3-4,7-14,29,31H,2,5-6H2,1H3,(H,33,34);2*5H,3-4H2,1-2H3;1H4. The summed E-state index contributed by atoms with van der Waals surface area (Å²) < 4.78 is 1.45. The number of phenolic OH excluding ortho intramolecular Hbond substituents is 1. The SMILES string of the molecule is C.CCNCC.CCNCC.Cc1[nH]n(-c2ccc3c(c2)CCC3)c(=O)c1N=Nc1cccc(-c2cccc(C(=O)O)c2)c1O. The molecule has 45 heavy (non-hydrogen) atoms. The zero-order valence-electron chi connectivity index (χ0n) is 26.3. The lowest BCUT2D eigenvalue weighted by Gasteiger charge is -2.07. The first-order chi connectivity index (χ1) is 21.2. The van der Waals surface area contributed by atoms with E-state index in [2.05, 4.69) is 59.7 Å². The number of rotatable bonds is 9. The number of para-hydroxylation sites is 1. The number of hydrogen-bond donors (Lipinski definition) is 5. The highest BCUT2D eigenvalue weighted by Crippen LogP contribution is 2.38. The number of phenols is 1. The van der Waals surface area contributed by atoms with Crippen molar-refractivity contribution in [3.8, 4) is 22.6 Å². The lowest BCUT2D eigenvalue weighted by Crippen LogP contribution is -2.14. The van der Waals surface area contributed by atoms with Crippen LogP contribution < -0.4 is 16.2 Å². The number of aromatic carboxylic acids is 1. The van der Waals surface area contributed by atoms with Crippen molar-refractivity contribution in [1.29, 1.82) is 0 Å². The van der Waals surface area contributed by atoms with E-state index in [-0.39, 0.29) is 35.7 Å². The Hall–Kier alpha value is -4.54. The second-order valence-electron chi connectivity index (χ2n) is 10.2. The summed E-state index contributed by atoms with van der Waals surface area (Å²) in [4.78, 5) is 24.3. The van der Waals surface area contributed by atoms with E-state index in [0.717, 1.165) is 51.1 Å². The van der Waals surface area contributed by atoms with E-state index in [1.54, 1.807) is 37.3 Å². The highest BCUT2D eigenvalue weighted by atomic mass is 16.4. The van der Waals surface area contributed by atoms with Crippen molar-refractivity contribution in [3.05, 3.63) is 93.4 Å². The van der Waals surface area contributed by atoms with Crippen LogP contribution in [0.25, 0.3) is 16.8 Å². The first kappa shape index (κ1) is 36.7. The number of nitrogens with zero attached hydrogens (tertiary/aromatic N) is 3. The minimum absolute atomic E-state index is 0. The lowest BCUT2D eigenvalue weighted by atomic mass is 10.0. The molecule has 10 heteroatoms. The summed E-state index contributed by atoms with van der Waals surface area (Å²) in [7, 11) is 0. The Bertz CT molecular complexity index is 1610. The molecule has 0 bridgehead atoms. The molecule has 5 N–H and O–H groups in total. The average Bonchev–Trinajstić information content (AvgIpc) is 3.61. The van der Waals surface area contributed by atoms with Crippen molar-refractivity contribution in [1.82, 2.24) is 20.4 Å².